The molecular formula is C17H23NO4. The van der Waals surface area contributed by atoms with Crippen LogP contribution in [0.15, 0.2) is 67.3 Å². The molecule has 0 unspecified atom stereocenters. The van der Waals surface area contributed by atoms with Crippen LogP contribution in [0.5, 0.6) is 0 Å². The third kappa shape index (κ3) is 17.3. The van der Waals surface area contributed by atoms with Crippen molar-refractivity contribution in [1.29, 1.82) is 0 Å². The maximum atomic E-state index is 10.1. The van der Waals surface area contributed by atoms with Crippen LogP contribution >= 0.6 is 0 Å². The molecule has 0 heterocycles. The van der Waals surface area contributed by atoms with E-state index < -0.39 is 5.97 Å². The summed E-state index contributed by atoms with van der Waals surface area (Å²) < 4.78 is 0. The van der Waals surface area contributed by atoms with Crippen LogP contribution in [0, 0.1) is 0 Å². The van der Waals surface area contributed by atoms with Gasteiger partial charge in [0.1, 0.15) is 0 Å². The minimum absolute atomic E-state index is 0.00882. The summed E-state index contributed by atoms with van der Waals surface area (Å²) in [5.74, 6) is -0.828. The number of carboxylic acids is 1. The lowest BCUT2D eigenvalue weighted by molar-refractivity contribution is -0.136. The molecule has 0 saturated heterocycles. The molecule has 0 bridgehead atoms. The number of aliphatic carboxylic acids is 1. The number of hydrogen-bond acceptors (Lipinski definition) is 3. The third-order valence-electron chi connectivity index (χ3n) is 2.15. The quantitative estimate of drug-likeness (QED) is 0.556. The molecule has 0 spiro atoms. The van der Waals surface area contributed by atoms with E-state index in [0.29, 0.717) is 6.54 Å². The number of carbonyl (C=O) groups is 2. The Bertz CT molecular complexity index is 467. The summed E-state index contributed by atoms with van der Waals surface area (Å²) in [4.78, 5) is 18.5. The van der Waals surface area contributed by atoms with E-state index in [4.69, 9.17) is 15.0 Å². The minimum atomic E-state index is -0.828. The first kappa shape index (κ1) is 21.6. The highest BCUT2D eigenvalue weighted by atomic mass is 16.4. The second kappa shape index (κ2) is 16.4. The van der Waals surface area contributed by atoms with Crippen LogP contribution in [-0.4, -0.2) is 29.2 Å². The van der Waals surface area contributed by atoms with E-state index in [9.17, 15) is 4.79 Å². The fraction of sp³-hybridized carbons (Fsp3) is 0.176. The molecule has 0 aliphatic carbocycles. The monoisotopic (exact) mass is 305 g/mol. The van der Waals surface area contributed by atoms with Gasteiger partial charge in [0.2, 0.25) is 0 Å². The van der Waals surface area contributed by atoms with Gasteiger partial charge in [-0.05, 0) is 12.5 Å². The second-order valence-corrected chi connectivity index (χ2v) is 3.94. The Morgan fingerprint density at radius 3 is 2.18 bits per heavy atom. The van der Waals surface area contributed by atoms with Crippen LogP contribution in [0.25, 0.3) is 0 Å². The van der Waals surface area contributed by atoms with Gasteiger partial charge in [-0.3, -0.25) is 9.59 Å². The van der Waals surface area contributed by atoms with Gasteiger partial charge in [0, 0.05) is 6.54 Å². The SMILES string of the molecule is C=C/C=C(/C)C=C.O=C(O)CNCc1ccccc1.O=CO. The Hall–Kier alpha value is -2.66. The molecule has 0 atom stereocenters. The van der Waals surface area contributed by atoms with Crippen molar-refractivity contribution in [1.82, 2.24) is 5.32 Å². The Morgan fingerprint density at radius 1 is 1.27 bits per heavy atom. The van der Waals surface area contributed by atoms with Crippen LogP contribution in [0.1, 0.15) is 12.5 Å². The number of rotatable bonds is 6. The van der Waals surface area contributed by atoms with E-state index in [-0.39, 0.29) is 13.0 Å². The van der Waals surface area contributed by atoms with Crippen LogP contribution in [0.2, 0.25) is 0 Å². The van der Waals surface area contributed by atoms with Gasteiger partial charge in [-0.1, -0.05) is 67.3 Å². The van der Waals surface area contributed by atoms with Gasteiger partial charge in [-0.2, -0.15) is 0 Å². The Labute approximate surface area is 131 Å². The number of hydrogen-bond donors (Lipinski definition) is 3. The summed E-state index contributed by atoms with van der Waals surface area (Å²) in [6.07, 6.45) is 5.45. The zero-order chi connectivity index (χ0) is 17.2. The maximum absolute atomic E-state index is 10.1. The molecule has 22 heavy (non-hydrogen) atoms. The lowest BCUT2D eigenvalue weighted by Gasteiger charge is -2.00. The van der Waals surface area contributed by atoms with Crippen molar-refractivity contribution in [3.05, 3.63) is 72.9 Å². The summed E-state index contributed by atoms with van der Waals surface area (Å²) in [7, 11) is 0. The van der Waals surface area contributed by atoms with Gasteiger partial charge in [0.15, 0.2) is 0 Å². The molecular weight excluding hydrogens is 282 g/mol. The largest absolute Gasteiger partial charge is 0.483 e. The highest BCUT2D eigenvalue weighted by molar-refractivity contribution is 5.68. The first-order chi connectivity index (χ1) is 10.5. The lowest BCUT2D eigenvalue weighted by atomic mass is 10.2. The van der Waals surface area contributed by atoms with Crippen molar-refractivity contribution in [3.8, 4) is 0 Å². The van der Waals surface area contributed by atoms with E-state index in [1.165, 1.54) is 0 Å². The minimum Gasteiger partial charge on any atom is -0.483 e. The average Bonchev–Trinajstić information content (AvgIpc) is 2.49. The zero-order valence-electron chi connectivity index (χ0n) is 12.7. The topological polar surface area (TPSA) is 86.6 Å². The summed E-state index contributed by atoms with van der Waals surface area (Å²) >= 11 is 0. The first-order valence-electron chi connectivity index (χ1n) is 6.47. The summed E-state index contributed by atoms with van der Waals surface area (Å²) in [5, 5.41) is 18.0. The molecule has 0 amide bonds. The fourth-order valence-corrected chi connectivity index (χ4v) is 1.16. The molecule has 0 radical (unpaired) electrons. The van der Waals surface area contributed by atoms with E-state index in [1.807, 2.05) is 43.3 Å². The van der Waals surface area contributed by atoms with Crippen molar-refractivity contribution >= 4 is 12.4 Å². The maximum Gasteiger partial charge on any atom is 0.317 e. The van der Waals surface area contributed by atoms with Gasteiger partial charge >= 0.3 is 5.97 Å². The van der Waals surface area contributed by atoms with Crippen LogP contribution in [0.3, 0.4) is 0 Å². The van der Waals surface area contributed by atoms with Crippen LogP contribution in [0.4, 0.5) is 0 Å². The van der Waals surface area contributed by atoms with E-state index >= 15 is 0 Å². The number of benzene rings is 1. The highest BCUT2D eigenvalue weighted by Gasteiger charge is 1.94. The van der Waals surface area contributed by atoms with E-state index in [2.05, 4.69) is 18.5 Å². The molecule has 0 aliphatic heterocycles. The summed E-state index contributed by atoms with van der Waals surface area (Å²) in [6, 6.07) is 9.69. The van der Waals surface area contributed by atoms with Gasteiger partial charge in [0.05, 0.1) is 6.54 Å². The molecule has 0 aromatic heterocycles. The fourth-order valence-electron chi connectivity index (χ4n) is 1.16. The second-order valence-electron chi connectivity index (χ2n) is 3.94. The highest BCUT2D eigenvalue weighted by Crippen LogP contribution is 1.96. The molecule has 5 nitrogen and oxygen atoms in total. The average molecular weight is 305 g/mol. The molecule has 0 saturated carbocycles. The standard InChI is InChI=1S/C9H11NO2.C7H10.CH2O2/c11-9(12)7-10-6-8-4-2-1-3-5-8;1-4-6-7(3)5-2;2-1-3/h1-5,10H,6-7H2,(H,11,12);4-6H,1-2H2,3H3;1H,(H,2,3)/b;7-6-;. The number of allylic oxidation sites excluding steroid dienone is 4. The zero-order valence-corrected chi connectivity index (χ0v) is 12.7. The Balaban J connectivity index is 0. The van der Waals surface area contributed by atoms with Gasteiger partial charge in [0.25, 0.3) is 6.47 Å². The number of carboxylic acid groups (broad SMARTS) is 2. The normalized spacial score (nSPS) is 9.23. The third-order valence-corrected chi connectivity index (χ3v) is 2.15. The molecule has 3 N–H and O–H groups in total. The molecule has 1 aromatic rings. The van der Waals surface area contributed by atoms with Crippen molar-refractivity contribution in [2.45, 2.75) is 13.5 Å². The summed E-state index contributed by atoms with van der Waals surface area (Å²) in [6.45, 7) is 9.43. The Morgan fingerprint density at radius 2 is 1.82 bits per heavy atom. The first-order valence-corrected chi connectivity index (χ1v) is 6.47. The Kier molecular flexibility index (Phi) is 16.1. The van der Waals surface area contributed by atoms with Crippen molar-refractivity contribution in [3.63, 3.8) is 0 Å². The predicted octanol–water partition coefficient (Wildman–Crippen LogP) is 2.87. The van der Waals surface area contributed by atoms with Crippen LogP contribution in [-0.2, 0) is 16.1 Å². The lowest BCUT2D eigenvalue weighted by Crippen LogP contribution is -2.21. The van der Waals surface area contributed by atoms with Crippen LogP contribution < -0.4 is 5.32 Å². The smallest absolute Gasteiger partial charge is 0.317 e. The summed E-state index contributed by atoms with van der Waals surface area (Å²) in [5.41, 5.74) is 2.24. The van der Waals surface area contributed by atoms with Crippen molar-refractivity contribution in [2.24, 2.45) is 0 Å². The molecule has 5 heteroatoms. The van der Waals surface area contributed by atoms with Gasteiger partial charge in [-0.25, -0.2) is 0 Å². The van der Waals surface area contributed by atoms with Gasteiger partial charge in [-0.15, -0.1) is 0 Å². The molecule has 0 aliphatic rings. The van der Waals surface area contributed by atoms with Gasteiger partial charge < -0.3 is 15.5 Å². The van der Waals surface area contributed by atoms with E-state index in [1.54, 1.807) is 12.2 Å². The molecule has 0 fully saturated rings. The van der Waals surface area contributed by atoms with E-state index in [0.717, 1.165) is 11.1 Å². The van der Waals surface area contributed by atoms with Crippen molar-refractivity contribution in [2.75, 3.05) is 6.54 Å². The predicted molar refractivity (Wildman–Crippen MR) is 88.6 cm³/mol. The number of nitrogens with one attached hydrogen (secondary N) is 1. The molecule has 1 rings (SSSR count). The van der Waals surface area contributed by atoms with Crippen molar-refractivity contribution < 1.29 is 19.8 Å². The molecule has 120 valence electrons. The molecule has 1 aromatic carbocycles.